The van der Waals surface area contributed by atoms with Crippen molar-refractivity contribution in [1.82, 2.24) is 4.90 Å². The quantitative estimate of drug-likeness (QED) is 0.859. The van der Waals surface area contributed by atoms with Crippen molar-refractivity contribution in [3.8, 4) is 0 Å². The predicted octanol–water partition coefficient (Wildman–Crippen LogP) is 2.40. The van der Waals surface area contributed by atoms with E-state index in [1.54, 1.807) is 12.1 Å². The first kappa shape index (κ1) is 13.4. The second-order valence-corrected chi connectivity index (χ2v) is 4.97. The molecule has 1 heterocycles. The lowest BCUT2D eigenvalue weighted by Crippen LogP contribution is -2.51. The molecule has 1 saturated heterocycles. The number of amides is 2. The second kappa shape index (κ2) is 5.73. The zero-order chi connectivity index (χ0) is 13.8. The van der Waals surface area contributed by atoms with Gasteiger partial charge in [0.25, 0.3) is 0 Å². The van der Waals surface area contributed by atoms with E-state index in [4.69, 9.17) is 0 Å². The maximum Gasteiger partial charge on any atom is 0.326 e. The molecule has 5 heteroatoms. The van der Waals surface area contributed by atoms with Crippen molar-refractivity contribution >= 4 is 17.7 Å². The van der Waals surface area contributed by atoms with Gasteiger partial charge in [0.05, 0.1) is 0 Å². The smallest absolute Gasteiger partial charge is 0.326 e. The van der Waals surface area contributed by atoms with Crippen molar-refractivity contribution < 1.29 is 14.7 Å². The number of nitrogens with zero attached hydrogens (tertiary/aromatic N) is 1. The molecule has 19 heavy (non-hydrogen) atoms. The number of nitrogens with one attached hydrogen (secondary N) is 1. The number of piperidine rings is 1. The van der Waals surface area contributed by atoms with Gasteiger partial charge in [-0.25, -0.2) is 9.59 Å². The van der Waals surface area contributed by atoms with Gasteiger partial charge in [0.2, 0.25) is 0 Å². The molecular formula is C14H18N2O3. The molecule has 2 unspecified atom stereocenters. The number of likely N-dealkylation sites (tertiary alicyclic amines) is 1. The van der Waals surface area contributed by atoms with Crippen LogP contribution in [0, 0.1) is 5.92 Å². The standard InChI is InChI=1S/C14H18N2O3/c1-10-7-8-16(12(9-10)13(17)18)14(19)15-11-5-3-2-4-6-11/h2-6,10,12H,7-9H2,1H3,(H,15,19)(H,17,18). The number of aliphatic carboxylic acids is 1. The molecule has 2 atom stereocenters. The summed E-state index contributed by atoms with van der Waals surface area (Å²) in [4.78, 5) is 24.8. The van der Waals surface area contributed by atoms with Gasteiger partial charge in [-0.2, -0.15) is 0 Å². The number of anilines is 1. The molecule has 0 aliphatic carbocycles. The van der Waals surface area contributed by atoms with Gasteiger partial charge in [-0.15, -0.1) is 0 Å². The predicted molar refractivity (Wildman–Crippen MR) is 72.0 cm³/mol. The number of urea groups is 1. The number of para-hydroxylation sites is 1. The van der Waals surface area contributed by atoms with Crippen molar-refractivity contribution in [2.45, 2.75) is 25.8 Å². The van der Waals surface area contributed by atoms with Crippen molar-refractivity contribution in [3.63, 3.8) is 0 Å². The molecule has 0 aromatic heterocycles. The van der Waals surface area contributed by atoms with Crippen LogP contribution in [0.4, 0.5) is 10.5 Å². The first-order valence-corrected chi connectivity index (χ1v) is 6.43. The van der Waals surface area contributed by atoms with E-state index in [2.05, 4.69) is 5.32 Å². The van der Waals surface area contributed by atoms with Gasteiger partial charge < -0.3 is 15.3 Å². The molecule has 2 N–H and O–H groups in total. The molecule has 1 aliphatic rings. The highest BCUT2D eigenvalue weighted by Gasteiger charge is 2.34. The van der Waals surface area contributed by atoms with E-state index in [0.717, 1.165) is 6.42 Å². The number of rotatable bonds is 2. The van der Waals surface area contributed by atoms with Crippen LogP contribution in [0.5, 0.6) is 0 Å². The van der Waals surface area contributed by atoms with Gasteiger partial charge >= 0.3 is 12.0 Å². The summed E-state index contributed by atoms with van der Waals surface area (Å²) in [6.45, 7) is 2.50. The zero-order valence-corrected chi connectivity index (χ0v) is 10.9. The van der Waals surface area contributed by atoms with Crippen LogP contribution < -0.4 is 5.32 Å². The molecule has 1 aromatic rings. The normalized spacial score (nSPS) is 22.9. The molecule has 5 nitrogen and oxygen atoms in total. The minimum Gasteiger partial charge on any atom is -0.480 e. The number of carbonyl (C=O) groups excluding carboxylic acids is 1. The Morgan fingerprint density at radius 1 is 1.32 bits per heavy atom. The summed E-state index contributed by atoms with van der Waals surface area (Å²) in [5, 5.41) is 12.0. The molecule has 0 bridgehead atoms. The number of hydrogen-bond donors (Lipinski definition) is 2. The van der Waals surface area contributed by atoms with Crippen LogP contribution in [0.15, 0.2) is 30.3 Å². The highest BCUT2D eigenvalue weighted by molar-refractivity contribution is 5.92. The third kappa shape index (κ3) is 3.24. The Morgan fingerprint density at radius 3 is 2.63 bits per heavy atom. The van der Waals surface area contributed by atoms with E-state index in [9.17, 15) is 14.7 Å². The third-order valence-corrected chi connectivity index (χ3v) is 3.44. The average Bonchev–Trinajstić information content (AvgIpc) is 2.39. The lowest BCUT2D eigenvalue weighted by molar-refractivity contribution is -0.143. The first-order valence-electron chi connectivity index (χ1n) is 6.43. The molecule has 1 aliphatic heterocycles. The molecule has 102 valence electrons. The molecular weight excluding hydrogens is 244 g/mol. The fourth-order valence-corrected chi connectivity index (χ4v) is 2.34. The third-order valence-electron chi connectivity index (χ3n) is 3.44. The van der Waals surface area contributed by atoms with Crippen LogP contribution in [-0.4, -0.2) is 34.6 Å². The molecule has 1 fully saturated rings. The highest BCUT2D eigenvalue weighted by atomic mass is 16.4. The average molecular weight is 262 g/mol. The summed E-state index contributed by atoms with van der Waals surface area (Å²) < 4.78 is 0. The van der Waals surface area contributed by atoms with E-state index in [1.807, 2.05) is 25.1 Å². The van der Waals surface area contributed by atoms with Crippen LogP contribution in [0.25, 0.3) is 0 Å². The van der Waals surface area contributed by atoms with E-state index >= 15 is 0 Å². The van der Waals surface area contributed by atoms with E-state index in [1.165, 1.54) is 4.90 Å². The van der Waals surface area contributed by atoms with E-state index in [0.29, 0.717) is 24.6 Å². The Labute approximate surface area is 112 Å². The van der Waals surface area contributed by atoms with Gasteiger partial charge in [-0.05, 0) is 30.9 Å². The Kier molecular flexibility index (Phi) is 4.04. The largest absolute Gasteiger partial charge is 0.480 e. The Bertz CT molecular complexity index is 461. The summed E-state index contributed by atoms with van der Waals surface area (Å²) >= 11 is 0. The number of carbonyl (C=O) groups is 2. The number of carboxylic acid groups (broad SMARTS) is 1. The summed E-state index contributed by atoms with van der Waals surface area (Å²) in [5.74, 6) is -0.600. The van der Waals surface area contributed by atoms with Crippen LogP contribution in [0.1, 0.15) is 19.8 Å². The summed E-state index contributed by atoms with van der Waals surface area (Å²) in [7, 11) is 0. The maximum absolute atomic E-state index is 12.1. The first-order chi connectivity index (χ1) is 9.08. The van der Waals surface area contributed by atoms with Crippen molar-refractivity contribution in [2.24, 2.45) is 5.92 Å². The second-order valence-electron chi connectivity index (χ2n) is 4.97. The zero-order valence-electron chi connectivity index (χ0n) is 10.9. The van der Waals surface area contributed by atoms with Crippen LogP contribution in [0.3, 0.4) is 0 Å². The topological polar surface area (TPSA) is 69.6 Å². The molecule has 2 rings (SSSR count). The Hall–Kier alpha value is -2.04. The minimum absolute atomic E-state index is 0.335. The molecule has 0 saturated carbocycles. The maximum atomic E-state index is 12.1. The number of carboxylic acids is 1. The van der Waals surface area contributed by atoms with Gasteiger partial charge in [-0.3, -0.25) is 0 Å². The van der Waals surface area contributed by atoms with Crippen molar-refractivity contribution in [1.29, 1.82) is 0 Å². The fraction of sp³-hybridized carbons (Fsp3) is 0.429. The monoisotopic (exact) mass is 262 g/mol. The van der Waals surface area contributed by atoms with Crippen LogP contribution >= 0.6 is 0 Å². The van der Waals surface area contributed by atoms with Crippen LogP contribution in [0.2, 0.25) is 0 Å². The molecule has 2 amide bonds. The minimum atomic E-state index is -0.935. The Balaban J connectivity index is 2.06. The summed E-state index contributed by atoms with van der Waals surface area (Å²) in [6, 6.07) is 7.99. The highest BCUT2D eigenvalue weighted by Crippen LogP contribution is 2.23. The lowest BCUT2D eigenvalue weighted by atomic mass is 9.93. The number of benzene rings is 1. The number of hydrogen-bond acceptors (Lipinski definition) is 2. The molecule has 0 radical (unpaired) electrons. The van der Waals surface area contributed by atoms with E-state index < -0.39 is 12.0 Å². The molecule has 0 spiro atoms. The van der Waals surface area contributed by atoms with Gasteiger partial charge in [0.15, 0.2) is 0 Å². The van der Waals surface area contributed by atoms with E-state index in [-0.39, 0.29) is 6.03 Å². The van der Waals surface area contributed by atoms with Gasteiger partial charge in [0.1, 0.15) is 6.04 Å². The Morgan fingerprint density at radius 2 is 2.00 bits per heavy atom. The van der Waals surface area contributed by atoms with Gasteiger partial charge in [0, 0.05) is 12.2 Å². The van der Waals surface area contributed by atoms with Crippen LogP contribution in [-0.2, 0) is 4.79 Å². The van der Waals surface area contributed by atoms with Crippen molar-refractivity contribution in [3.05, 3.63) is 30.3 Å². The van der Waals surface area contributed by atoms with Gasteiger partial charge in [-0.1, -0.05) is 25.1 Å². The van der Waals surface area contributed by atoms with Crippen molar-refractivity contribution in [2.75, 3.05) is 11.9 Å². The summed E-state index contributed by atoms with van der Waals surface area (Å²) in [5.41, 5.74) is 0.676. The SMILES string of the molecule is CC1CCN(C(=O)Nc2ccccc2)C(C(=O)O)C1. The fourth-order valence-electron chi connectivity index (χ4n) is 2.34. The lowest BCUT2D eigenvalue weighted by Gasteiger charge is -2.35. The molecule has 1 aromatic carbocycles. The summed E-state index contributed by atoms with van der Waals surface area (Å²) in [6.07, 6.45) is 1.35.